The molecule has 0 saturated carbocycles. The van der Waals surface area contributed by atoms with Gasteiger partial charge in [-0.15, -0.1) is 12.6 Å². The van der Waals surface area contributed by atoms with Crippen molar-refractivity contribution >= 4 is 30.3 Å². The summed E-state index contributed by atoms with van der Waals surface area (Å²) in [5, 5.41) is 3.23. The van der Waals surface area contributed by atoms with Crippen molar-refractivity contribution in [3.63, 3.8) is 0 Å². The topological polar surface area (TPSA) is 28.1 Å². The molecule has 1 heterocycles. The van der Waals surface area contributed by atoms with Crippen LogP contribution < -0.4 is 14.8 Å². The molecule has 2 aromatic rings. The summed E-state index contributed by atoms with van der Waals surface area (Å²) in [6, 6.07) is 12.3. The number of hydrogen-bond acceptors (Lipinski definition) is 5. The van der Waals surface area contributed by atoms with Gasteiger partial charge in [0.15, 0.2) is 5.50 Å². The molecule has 3 rings (SSSR count). The van der Waals surface area contributed by atoms with Crippen LogP contribution in [-0.2, 0) is 6.18 Å². The number of anilines is 2. The van der Waals surface area contributed by atoms with Crippen LogP contribution >= 0.6 is 12.6 Å². The van der Waals surface area contributed by atoms with Gasteiger partial charge in [0.05, 0.1) is 23.5 Å². The Morgan fingerprint density at radius 3 is 2.48 bits per heavy atom. The van der Waals surface area contributed by atoms with E-state index >= 15 is 0 Å². The molecule has 2 aromatic carbocycles. The van der Waals surface area contributed by atoms with E-state index in [1.165, 1.54) is 12.4 Å². The van der Waals surface area contributed by atoms with Gasteiger partial charge in [-0.05, 0) is 49.4 Å². The van der Waals surface area contributed by atoms with Crippen LogP contribution in [0.5, 0.6) is 5.75 Å². The number of halogens is 3. The lowest BCUT2D eigenvalue weighted by atomic mass is 10.2. The molecular formula is C17H16F3N3OS. The van der Waals surface area contributed by atoms with Crippen molar-refractivity contribution in [2.75, 3.05) is 16.6 Å². The fourth-order valence-electron chi connectivity index (χ4n) is 2.49. The van der Waals surface area contributed by atoms with Crippen LogP contribution in [0.3, 0.4) is 0 Å². The van der Waals surface area contributed by atoms with Gasteiger partial charge in [-0.2, -0.15) is 13.2 Å². The average molecular weight is 367 g/mol. The third kappa shape index (κ3) is 3.68. The second kappa shape index (κ2) is 6.87. The maximum atomic E-state index is 13.0. The number of nitrogens with zero attached hydrogens (tertiary/aromatic N) is 3. The van der Waals surface area contributed by atoms with Crippen molar-refractivity contribution in [2.24, 2.45) is 4.99 Å². The molecule has 1 atom stereocenters. The fourth-order valence-corrected chi connectivity index (χ4v) is 2.79. The molecule has 132 valence electrons. The van der Waals surface area contributed by atoms with E-state index in [9.17, 15) is 13.2 Å². The molecule has 0 spiro atoms. The third-order valence-corrected chi connectivity index (χ3v) is 3.96. The molecule has 0 bridgehead atoms. The summed E-state index contributed by atoms with van der Waals surface area (Å²) >= 11 is 4.39. The molecule has 0 N–H and O–H groups in total. The SMILES string of the molecule is CCOc1ccc(N2C(S)N=CN2c2cccc(C(F)(F)F)c2)cc1. The molecule has 0 aromatic heterocycles. The first-order valence-electron chi connectivity index (χ1n) is 7.60. The zero-order valence-corrected chi connectivity index (χ0v) is 14.2. The predicted octanol–water partition coefficient (Wildman–Crippen LogP) is 4.59. The molecule has 0 fully saturated rings. The van der Waals surface area contributed by atoms with E-state index in [-0.39, 0.29) is 0 Å². The van der Waals surface area contributed by atoms with E-state index in [1.807, 2.05) is 19.1 Å². The highest BCUT2D eigenvalue weighted by Gasteiger charge is 2.32. The van der Waals surface area contributed by atoms with E-state index in [0.717, 1.165) is 17.8 Å². The van der Waals surface area contributed by atoms with Gasteiger partial charge in [0.25, 0.3) is 0 Å². The third-order valence-electron chi connectivity index (χ3n) is 3.61. The van der Waals surface area contributed by atoms with Crippen molar-refractivity contribution in [1.29, 1.82) is 0 Å². The van der Waals surface area contributed by atoms with Crippen LogP contribution in [0, 0.1) is 0 Å². The number of rotatable bonds is 4. The lowest BCUT2D eigenvalue weighted by molar-refractivity contribution is -0.137. The van der Waals surface area contributed by atoms with E-state index in [1.54, 1.807) is 28.2 Å². The van der Waals surface area contributed by atoms with Crippen LogP contribution in [0.15, 0.2) is 53.5 Å². The predicted molar refractivity (Wildman–Crippen MR) is 95.3 cm³/mol. The highest BCUT2D eigenvalue weighted by molar-refractivity contribution is 7.81. The summed E-state index contributed by atoms with van der Waals surface area (Å²) in [5.41, 5.74) is -0.164. The van der Waals surface area contributed by atoms with Crippen molar-refractivity contribution < 1.29 is 17.9 Å². The minimum absolute atomic E-state index is 0.351. The smallest absolute Gasteiger partial charge is 0.416 e. The second-order valence-corrected chi connectivity index (χ2v) is 5.74. The molecule has 1 unspecified atom stereocenters. The maximum absolute atomic E-state index is 13.0. The summed E-state index contributed by atoms with van der Waals surface area (Å²) in [4.78, 5) is 4.18. The zero-order chi connectivity index (χ0) is 18.0. The van der Waals surface area contributed by atoms with E-state index < -0.39 is 17.2 Å². The molecule has 0 saturated heterocycles. The molecule has 0 radical (unpaired) electrons. The molecular weight excluding hydrogens is 351 g/mol. The Morgan fingerprint density at radius 1 is 1.12 bits per heavy atom. The zero-order valence-electron chi connectivity index (χ0n) is 13.3. The standard InChI is InChI=1S/C17H16F3N3OS/c1-2-24-15-8-6-13(7-9-15)23-16(25)21-11-22(23)14-5-3-4-12(10-14)17(18,19)20/h3-11,16,25H,2H2,1H3. The summed E-state index contributed by atoms with van der Waals surface area (Å²) in [6.45, 7) is 2.44. The molecule has 1 aliphatic rings. The van der Waals surface area contributed by atoms with E-state index in [2.05, 4.69) is 17.6 Å². The molecule has 1 aliphatic heterocycles. The highest BCUT2D eigenvalue weighted by Crippen LogP contribution is 2.34. The first kappa shape index (κ1) is 17.5. The first-order chi connectivity index (χ1) is 11.9. The number of hydrogen-bond donors (Lipinski definition) is 1. The summed E-state index contributed by atoms with van der Waals surface area (Å²) in [6.07, 6.45) is -2.94. The first-order valence-corrected chi connectivity index (χ1v) is 8.11. The van der Waals surface area contributed by atoms with Crippen LogP contribution in [0.2, 0.25) is 0 Å². The summed E-state index contributed by atoms with van der Waals surface area (Å²) in [5.74, 6) is 0.715. The highest BCUT2D eigenvalue weighted by atomic mass is 32.1. The largest absolute Gasteiger partial charge is 0.494 e. The van der Waals surface area contributed by atoms with Crippen molar-refractivity contribution in [1.82, 2.24) is 0 Å². The lowest BCUT2D eigenvalue weighted by Gasteiger charge is -2.32. The van der Waals surface area contributed by atoms with E-state index in [0.29, 0.717) is 18.0 Å². The maximum Gasteiger partial charge on any atom is 0.416 e. The Hall–Kier alpha value is -2.35. The van der Waals surface area contributed by atoms with Crippen LogP contribution in [-0.4, -0.2) is 18.4 Å². The van der Waals surface area contributed by atoms with Crippen LogP contribution in [0.1, 0.15) is 12.5 Å². The molecule has 8 heteroatoms. The van der Waals surface area contributed by atoms with Gasteiger partial charge >= 0.3 is 6.18 Å². The number of aliphatic imine (C=N–C) groups is 1. The summed E-state index contributed by atoms with van der Waals surface area (Å²) < 4.78 is 44.3. The Labute approximate surface area is 148 Å². The Bertz CT molecular complexity index is 764. The minimum atomic E-state index is -4.41. The number of ether oxygens (including phenoxy) is 1. The van der Waals surface area contributed by atoms with Crippen molar-refractivity contribution in [3.8, 4) is 5.75 Å². The van der Waals surface area contributed by atoms with Gasteiger partial charge in [-0.25, -0.2) is 15.0 Å². The fraction of sp³-hybridized carbons (Fsp3) is 0.235. The van der Waals surface area contributed by atoms with Gasteiger partial charge in [0, 0.05) is 0 Å². The molecule has 0 aliphatic carbocycles. The molecule has 0 amide bonds. The van der Waals surface area contributed by atoms with Crippen LogP contribution in [0.4, 0.5) is 24.5 Å². The van der Waals surface area contributed by atoms with Crippen molar-refractivity contribution in [2.45, 2.75) is 18.6 Å². The number of hydrazine groups is 1. The van der Waals surface area contributed by atoms with Gasteiger partial charge in [0.1, 0.15) is 12.1 Å². The second-order valence-electron chi connectivity index (χ2n) is 5.28. The monoisotopic (exact) mass is 367 g/mol. The minimum Gasteiger partial charge on any atom is -0.494 e. The van der Waals surface area contributed by atoms with Gasteiger partial charge in [0.2, 0.25) is 0 Å². The van der Waals surface area contributed by atoms with E-state index in [4.69, 9.17) is 4.74 Å². The number of thiol groups is 1. The Morgan fingerprint density at radius 2 is 1.84 bits per heavy atom. The summed E-state index contributed by atoms with van der Waals surface area (Å²) in [7, 11) is 0. The van der Waals surface area contributed by atoms with Gasteiger partial charge in [-0.3, -0.25) is 0 Å². The number of alkyl halides is 3. The average Bonchev–Trinajstić information content (AvgIpc) is 2.97. The Balaban J connectivity index is 1.92. The number of benzene rings is 2. The lowest BCUT2D eigenvalue weighted by Crippen LogP contribution is -2.40. The van der Waals surface area contributed by atoms with Gasteiger partial charge in [-0.1, -0.05) is 6.07 Å². The molecule has 25 heavy (non-hydrogen) atoms. The van der Waals surface area contributed by atoms with Crippen LogP contribution in [0.25, 0.3) is 0 Å². The van der Waals surface area contributed by atoms with Gasteiger partial charge < -0.3 is 4.74 Å². The van der Waals surface area contributed by atoms with Crippen molar-refractivity contribution in [3.05, 3.63) is 54.1 Å². The quantitative estimate of drug-likeness (QED) is 0.802. The normalized spacial score (nSPS) is 17.2. The Kier molecular flexibility index (Phi) is 4.80. The molecule has 4 nitrogen and oxygen atoms in total.